The smallest absolute Gasteiger partial charge is 0.320 e. The van der Waals surface area contributed by atoms with Gasteiger partial charge in [0.25, 0.3) is 0 Å². The Morgan fingerprint density at radius 2 is 2.26 bits per heavy atom. The number of hydrogen-bond acceptors (Lipinski definition) is 4. The molecular formula is C16H23N5O2. The molecule has 1 atom stereocenters. The molecule has 0 spiro atoms. The lowest BCUT2D eigenvalue weighted by Crippen LogP contribution is -2.37. The van der Waals surface area contributed by atoms with Crippen LogP contribution in [0.3, 0.4) is 0 Å². The topological polar surface area (TPSA) is 81.1 Å². The standard InChI is InChI=1S/C16H23N5O2/c1-5-14-12(3)20-21(4)15(14)19-16(22)18-9-11(2)23-13-7-6-8-17-10-13/h6-8,10-11H,5,9H2,1-4H3,(H2,18,19,22)/t11-/m0/s1. The predicted octanol–water partition coefficient (Wildman–Crippen LogP) is 2.27. The van der Waals surface area contributed by atoms with Crippen molar-refractivity contribution >= 4 is 11.8 Å². The third-order valence-electron chi connectivity index (χ3n) is 3.45. The lowest BCUT2D eigenvalue weighted by Gasteiger charge is -2.15. The first kappa shape index (κ1) is 16.8. The number of pyridine rings is 1. The van der Waals surface area contributed by atoms with Crippen molar-refractivity contribution in [2.75, 3.05) is 11.9 Å². The largest absolute Gasteiger partial charge is 0.487 e. The van der Waals surface area contributed by atoms with Gasteiger partial charge in [-0.15, -0.1) is 0 Å². The van der Waals surface area contributed by atoms with Gasteiger partial charge in [0.2, 0.25) is 0 Å². The number of rotatable bonds is 6. The van der Waals surface area contributed by atoms with E-state index in [0.29, 0.717) is 12.3 Å². The third-order valence-corrected chi connectivity index (χ3v) is 3.45. The molecule has 0 saturated carbocycles. The van der Waals surface area contributed by atoms with Crippen molar-refractivity contribution in [1.29, 1.82) is 0 Å². The van der Waals surface area contributed by atoms with Gasteiger partial charge in [-0.3, -0.25) is 15.0 Å². The highest BCUT2D eigenvalue weighted by Gasteiger charge is 2.14. The highest BCUT2D eigenvalue weighted by atomic mass is 16.5. The first-order chi connectivity index (χ1) is 11.0. The average molecular weight is 317 g/mol. The molecule has 0 unspecified atom stereocenters. The zero-order chi connectivity index (χ0) is 16.8. The van der Waals surface area contributed by atoms with Gasteiger partial charge in [-0.05, 0) is 32.4 Å². The van der Waals surface area contributed by atoms with Gasteiger partial charge in [0.15, 0.2) is 0 Å². The van der Waals surface area contributed by atoms with Crippen LogP contribution in [0.4, 0.5) is 10.6 Å². The predicted molar refractivity (Wildman–Crippen MR) is 88.7 cm³/mol. The van der Waals surface area contributed by atoms with E-state index < -0.39 is 0 Å². The van der Waals surface area contributed by atoms with Crippen molar-refractivity contribution in [3.05, 3.63) is 35.8 Å². The quantitative estimate of drug-likeness (QED) is 0.856. The molecule has 23 heavy (non-hydrogen) atoms. The van der Waals surface area contributed by atoms with Crippen LogP contribution in [0.25, 0.3) is 0 Å². The van der Waals surface area contributed by atoms with E-state index in [1.54, 1.807) is 23.1 Å². The number of aryl methyl sites for hydroxylation is 2. The van der Waals surface area contributed by atoms with E-state index in [-0.39, 0.29) is 12.1 Å². The minimum Gasteiger partial charge on any atom is -0.487 e. The van der Waals surface area contributed by atoms with Gasteiger partial charge >= 0.3 is 6.03 Å². The van der Waals surface area contributed by atoms with Crippen LogP contribution >= 0.6 is 0 Å². The van der Waals surface area contributed by atoms with Crippen LogP contribution in [0.15, 0.2) is 24.5 Å². The van der Waals surface area contributed by atoms with Crippen molar-refractivity contribution in [2.24, 2.45) is 7.05 Å². The number of ether oxygens (including phenoxy) is 1. The van der Waals surface area contributed by atoms with Crippen molar-refractivity contribution < 1.29 is 9.53 Å². The van der Waals surface area contributed by atoms with Crippen LogP contribution < -0.4 is 15.4 Å². The molecular weight excluding hydrogens is 294 g/mol. The lowest BCUT2D eigenvalue weighted by atomic mass is 10.2. The maximum atomic E-state index is 12.1. The second kappa shape index (κ2) is 7.62. The summed E-state index contributed by atoms with van der Waals surface area (Å²) in [6.07, 6.45) is 3.98. The number of urea groups is 1. The van der Waals surface area contributed by atoms with Crippen LogP contribution in [0.5, 0.6) is 5.75 Å². The summed E-state index contributed by atoms with van der Waals surface area (Å²) in [5.41, 5.74) is 1.97. The Morgan fingerprint density at radius 1 is 1.48 bits per heavy atom. The van der Waals surface area contributed by atoms with E-state index in [4.69, 9.17) is 4.74 Å². The van der Waals surface area contributed by atoms with Gasteiger partial charge in [-0.25, -0.2) is 4.79 Å². The maximum Gasteiger partial charge on any atom is 0.320 e. The number of carbonyl (C=O) groups excluding carboxylic acids is 1. The molecule has 2 aromatic rings. The van der Waals surface area contributed by atoms with Gasteiger partial charge in [0.1, 0.15) is 17.7 Å². The molecule has 2 amide bonds. The molecule has 0 saturated heterocycles. The second-order valence-corrected chi connectivity index (χ2v) is 5.34. The molecule has 0 radical (unpaired) electrons. The third kappa shape index (κ3) is 4.45. The summed E-state index contributed by atoms with van der Waals surface area (Å²) < 4.78 is 7.35. The monoisotopic (exact) mass is 317 g/mol. The summed E-state index contributed by atoms with van der Waals surface area (Å²) in [7, 11) is 1.82. The molecule has 0 aliphatic heterocycles. The molecule has 2 aromatic heterocycles. The van der Waals surface area contributed by atoms with E-state index in [9.17, 15) is 4.79 Å². The Labute approximate surface area is 136 Å². The Bertz CT molecular complexity index is 654. The molecule has 7 nitrogen and oxygen atoms in total. The summed E-state index contributed by atoms with van der Waals surface area (Å²) in [4.78, 5) is 16.1. The summed E-state index contributed by atoms with van der Waals surface area (Å²) >= 11 is 0. The molecule has 2 heterocycles. The Balaban J connectivity index is 1.86. The first-order valence-electron chi connectivity index (χ1n) is 7.65. The fourth-order valence-corrected chi connectivity index (χ4v) is 2.36. The summed E-state index contributed by atoms with van der Waals surface area (Å²) in [5, 5.41) is 9.98. The number of amides is 2. The maximum absolute atomic E-state index is 12.1. The van der Waals surface area contributed by atoms with Crippen molar-refractivity contribution in [1.82, 2.24) is 20.1 Å². The number of nitrogens with one attached hydrogen (secondary N) is 2. The van der Waals surface area contributed by atoms with Crippen molar-refractivity contribution in [3.63, 3.8) is 0 Å². The first-order valence-corrected chi connectivity index (χ1v) is 7.65. The fraction of sp³-hybridized carbons (Fsp3) is 0.438. The van der Waals surface area contributed by atoms with Gasteiger partial charge in [0.05, 0.1) is 18.4 Å². The van der Waals surface area contributed by atoms with Gasteiger partial charge in [0, 0.05) is 18.8 Å². The second-order valence-electron chi connectivity index (χ2n) is 5.34. The van der Waals surface area contributed by atoms with Crippen LogP contribution in [-0.2, 0) is 13.5 Å². The number of aromatic nitrogens is 3. The molecule has 0 aliphatic carbocycles. The molecule has 0 bridgehead atoms. The van der Waals surface area contributed by atoms with Gasteiger partial charge in [-0.2, -0.15) is 5.10 Å². The molecule has 0 aliphatic rings. The number of hydrogen-bond donors (Lipinski definition) is 2. The molecule has 0 aromatic carbocycles. The van der Waals surface area contributed by atoms with Gasteiger partial charge in [-0.1, -0.05) is 6.92 Å². The minimum atomic E-state index is -0.274. The van der Waals surface area contributed by atoms with E-state index in [1.165, 1.54) is 0 Å². The van der Waals surface area contributed by atoms with E-state index in [1.807, 2.05) is 33.9 Å². The van der Waals surface area contributed by atoms with E-state index >= 15 is 0 Å². The Morgan fingerprint density at radius 3 is 2.91 bits per heavy atom. The SMILES string of the molecule is CCc1c(C)nn(C)c1NC(=O)NC[C@H](C)Oc1cccnc1. The zero-order valence-corrected chi connectivity index (χ0v) is 14.0. The zero-order valence-electron chi connectivity index (χ0n) is 14.0. The fourth-order valence-electron chi connectivity index (χ4n) is 2.36. The Kier molecular flexibility index (Phi) is 5.56. The van der Waals surface area contributed by atoms with Crippen molar-refractivity contribution in [3.8, 4) is 5.75 Å². The van der Waals surface area contributed by atoms with Crippen molar-refractivity contribution in [2.45, 2.75) is 33.3 Å². The molecule has 2 rings (SSSR count). The average Bonchev–Trinajstić information content (AvgIpc) is 2.79. The highest BCUT2D eigenvalue weighted by molar-refractivity contribution is 5.89. The summed E-state index contributed by atoms with van der Waals surface area (Å²) in [6, 6.07) is 3.36. The van der Waals surface area contributed by atoms with Crippen LogP contribution in [-0.4, -0.2) is 33.4 Å². The molecule has 2 N–H and O–H groups in total. The summed E-state index contributed by atoms with van der Waals surface area (Å²) in [5.74, 6) is 1.40. The number of carbonyl (C=O) groups is 1. The lowest BCUT2D eigenvalue weighted by molar-refractivity contribution is 0.211. The van der Waals surface area contributed by atoms with Gasteiger partial charge < -0.3 is 10.1 Å². The molecule has 0 fully saturated rings. The minimum absolute atomic E-state index is 0.163. The summed E-state index contributed by atoms with van der Waals surface area (Å²) in [6.45, 7) is 6.25. The molecule has 7 heteroatoms. The van der Waals surface area contributed by atoms with Crippen LogP contribution in [0, 0.1) is 6.92 Å². The Hall–Kier alpha value is -2.57. The van der Waals surface area contributed by atoms with Crippen LogP contribution in [0.2, 0.25) is 0 Å². The normalized spacial score (nSPS) is 11.8. The van der Waals surface area contributed by atoms with Crippen LogP contribution in [0.1, 0.15) is 25.1 Å². The number of anilines is 1. The van der Waals surface area contributed by atoms with E-state index in [2.05, 4.69) is 20.7 Å². The highest BCUT2D eigenvalue weighted by Crippen LogP contribution is 2.18. The number of nitrogens with zero attached hydrogens (tertiary/aromatic N) is 3. The molecule has 124 valence electrons. The van der Waals surface area contributed by atoms with E-state index in [0.717, 1.165) is 23.5 Å².